The van der Waals surface area contributed by atoms with E-state index in [1.54, 1.807) is 24.8 Å². The second-order valence-electron chi connectivity index (χ2n) is 3.43. The van der Waals surface area contributed by atoms with Crippen LogP contribution in [0.2, 0.25) is 0 Å². The maximum atomic E-state index is 9.78. The number of aryl methyl sites for hydroxylation is 1. The van der Waals surface area contributed by atoms with E-state index in [4.69, 9.17) is 4.42 Å². The molecule has 0 amide bonds. The Kier molecular flexibility index (Phi) is 3.15. The third kappa shape index (κ3) is 2.67. The smallest absolute Gasteiger partial charge is 0.0960 e. The molecule has 78 valence electrons. The largest absolute Gasteiger partial charge is 0.472 e. The van der Waals surface area contributed by atoms with Crippen LogP contribution in [0.1, 0.15) is 23.8 Å². The highest BCUT2D eigenvalue weighted by Crippen LogP contribution is 2.18. The van der Waals surface area contributed by atoms with E-state index in [1.807, 2.05) is 18.2 Å². The van der Waals surface area contributed by atoms with Crippen LogP contribution < -0.4 is 0 Å². The molecule has 0 bridgehead atoms. The first kappa shape index (κ1) is 9.93. The maximum absolute atomic E-state index is 9.78. The zero-order chi connectivity index (χ0) is 10.5. The fourth-order valence-electron chi connectivity index (χ4n) is 1.46. The standard InChI is InChI=1S/C12H13NO2/c14-12(10-6-8-15-9-10)5-4-11-3-1-2-7-13-11/h1-3,6-9,12,14H,4-5H2. The van der Waals surface area contributed by atoms with E-state index in [9.17, 15) is 5.11 Å². The molecule has 3 heteroatoms. The van der Waals surface area contributed by atoms with Gasteiger partial charge in [-0.2, -0.15) is 0 Å². The third-order valence-electron chi connectivity index (χ3n) is 2.33. The summed E-state index contributed by atoms with van der Waals surface area (Å²) in [6.07, 6.45) is 5.87. The summed E-state index contributed by atoms with van der Waals surface area (Å²) >= 11 is 0. The lowest BCUT2D eigenvalue weighted by Crippen LogP contribution is -1.99. The van der Waals surface area contributed by atoms with Crippen LogP contribution >= 0.6 is 0 Å². The molecule has 2 aromatic rings. The zero-order valence-electron chi connectivity index (χ0n) is 8.34. The van der Waals surface area contributed by atoms with Gasteiger partial charge in [0.2, 0.25) is 0 Å². The molecule has 0 aromatic carbocycles. The monoisotopic (exact) mass is 203 g/mol. The summed E-state index contributed by atoms with van der Waals surface area (Å²) in [5.41, 5.74) is 1.82. The van der Waals surface area contributed by atoms with Gasteiger partial charge in [0.05, 0.1) is 18.6 Å². The van der Waals surface area contributed by atoms with Crippen LogP contribution in [0.25, 0.3) is 0 Å². The average Bonchev–Trinajstić information content (AvgIpc) is 2.81. The van der Waals surface area contributed by atoms with Crippen LogP contribution in [0.5, 0.6) is 0 Å². The van der Waals surface area contributed by atoms with Crippen molar-refractivity contribution >= 4 is 0 Å². The van der Waals surface area contributed by atoms with Gasteiger partial charge in [0, 0.05) is 17.5 Å². The summed E-state index contributed by atoms with van der Waals surface area (Å²) < 4.78 is 4.91. The number of pyridine rings is 1. The number of hydrogen-bond acceptors (Lipinski definition) is 3. The molecule has 15 heavy (non-hydrogen) atoms. The molecule has 2 aromatic heterocycles. The quantitative estimate of drug-likeness (QED) is 0.829. The van der Waals surface area contributed by atoms with Crippen molar-refractivity contribution in [1.29, 1.82) is 0 Å². The highest BCUT2D eigenvalue weighted by molar-refractivity contribution is 5.10. The normalized spacial score (nSPS) is 12.6. The SMILES string of the molecule is OC(CCc1ccccn1)c1ccoc1. The van der Waals surface area contributed by atoms with Gasteiger partial charge in [-0.1, -0.05) is 6.07 Å². The van der Waals surface area contributed by atoms with E-state index in [0.717, 1.165) is 17.7 Å². The fraction of sp³-hybridized carbons (Fsp3) is 0.250. The minimum Gasteiger partial charge on any atom is -0.472 e. The molecule has 1 atom stereocenters. The predicted octanol–water partition coefficient (Wildman–Crippen LogP) is 2.34. The van der Waals surface area contributed by atoms with Crippen molar-refractivity contribution in [3.8, 4) is 0 Å². The van der Waals surface area contributed by atoms with Crippen molar-refractivity contribution in [2.75, 3.05) is 0 Å². The van der Waals surface area contributed by atoms with Gasteiger partial charge in [-0.25, -0.2) is 0 Å². The Morgan fingerprint density at radius 2 is 2.27 bits per heavy atom. The van der Waals surface area contributed by atoms with Gasteiger partial charge in [-0.3, -0.25) is 4.98 Å². The van der Waals surface area contributed by atoms with Gasteiger partial charge in [0.1, 0.15) is 0 Å². The van der Waals surface area contributed by atoms with Crippen LogP contribution in [0, 0.1) is 0 Å². The Balaban J connectivity index is 1.89. The number of furan rings is 1. The summed E-state index contributed by atoms with van der Waals surface area (Å²) in [5.74, 6) is 0. The lowest BCUT2D eigenvalue weighted by atomic mass is 10.1. The number of aliphatic hydroxyl groups excluding tert-OH is 1. The molecule has 0 saturated carbocycles. The molecule has 3 nitrogen and oxygen atoms in total. The highest BCUT2D eigenvalue weighted by atomic mass is 16.3. The van der Waals surface area contributed by atoms with Gasteiger partial charge in [-0.05, 0) is 31.0 Å². The van der Waals surface area contributed by atoms with Crippen molar-refractivity contribution in [3.63, 3.8) is 0 Å². The molecule has 2 heterocycles. The highest BCUT2D eigenvalue weighted by Gasteiger charge is 2.08. The van der Waals surface area contributed by atoms with E-state index in [2.05, 4.69) is 4.98 Å². The van der Waals surface area contributed by atoms with E-state index >= 15 is 0 Å². The minimum absolute atomic E-state index is 0.467. The summed E-state index contributed by atoms with van der Waals surface area (Å²) in [6, 6.07) is 7.58. The van der Waals surface area contributed by atoms with Crippen LogP contribution in [0.4, 0.5) is 0 Å². The minimum atomic E-state index is -0.467. The third-order valence-corrected chi connectivity index (χ3v) is 2.33. The van der Waals surface area contributed by atoms with Crippen molar-refractivity contribution < 1.29 is 9.52 Å². The molecule has 0 spiro atoms. The van der Waals surface area contributed by atoms with Crippen LogP contribution in [-0.2, 0) is 6.42 Å². The van der Waals surface area contributed by atoms with Gasteiger partial charge in [0.25, 0.3) is 0 Å². The second kappa shape index (κ2) is 4.75. The molecule has 1 unspecified atom stereocenters. The van der Waals surface area contributed by atoms with Crippen molar-refractivity contribution in [2.45, 2.75) is 18.9 Å². The predicted molar refractivity (Wildman–Crippen MR) is 56.2 cm³/mol. The van der Waals surface area contributed by atoms with Crippen LogP contribution in [0.15, 0.2) is 47.4 Å². The number of hydrogen-bond donors (Lipinski definition) is 1. The Hall–Kier alpha value is -1.61. The molecule has 2 rings (SSSR count). The Bertz CT molecular complexity index is 383. The number of aromatic nitrogens is 1. The molecular weight excluding hydrogens is 190 g/mol. The fourth-order valence-corrected chi connectivity index (χ4v) is 1.46. The first-order valence-electron chi connectivity index (χ1n) is 4.96. The lowest BCUT2D eigenvalue weighted by Gasteiger charge is -2.06. The Morgan fingerprint density at radius 3 is 2.93 bits per heavy atom. The summed E-state index contributed by atoms with van der Waals surface area (Å²) in [4.78, 5) is 4.20. The van der Waals surface area contributed by atoms with Crippen molar-refractivity contribution in [3.05, 3.63) is 54.2 Å². The van der Waals surface area contributed by atoms with E-state index in [1.165, 1.54) is 0 Å². The maximum Gasteiger partial charge on any atom is 0.0960 e. The Morgan fingerprint density at radius 1 is 1.33 bits per heavy atom. The van der Waals surface area contributed by atoms with E-state index in [-0.39, 0.29) is 0 Å². The number of rotatable bonds is 4. The number of aliphatic hydroxyl groups is 1. The molecule has 0 aliphatic heterocycles. The Labute approximate surface area is 88.4 Å². The molecule has 0 aliphatic carbocycles. The van der Waals surface area contributed by atoms with Crippen LogP contribution in [-0.4, -0.2) is 10.1 Å². The summed E-state index contributed by atoms with van der Waals surface area (Å²) in [7, 11) is 0. The molecular formula is C12H13NO2. The van der Waals surface area contributed by atoms with Gasteiger partial charge in [-0.15, -0.1) is 0 Å². The van der Waals surface area contributed by atoms with Crippen LogP contribution in [0.3, 0.4) is 0 Å². The molecule has 0 saturated heterocycles. The number of nitrogens with zero attached hydrogens (tertiary/aromatic N) is 1. The first-order chi connectivity index (χ1) is 7.36. The lowest BCUT2D eigenvalue weighted by molar-refractivity contribution is 0.166. The van der Waals surface area contributed by atoms with Gasteiger partial charge < -0.3 is 9.52 Å². The molecule has 1 N–H and O–H groups in total. The average molecular weight is 203 g/mol. The van der Waals surface area contributed by atoms with Gasteiger partial charge in [0.15, 0.2) is 0 Å². The molecule has 0 radical (unpaired) electrons. The summed E-state index contributed by atoms with van der Waals surface area (Å²) in [6.45, 7) is 0. The first-order valence-corrected chi connectivity index (χ1v) is 4.96. The second-order valence-corrected chi connectivity index (χ2v) is 3.43. The topological polar surface area (TPSA) is 46.3 Å². The van der Waals surface area contributed by atoms with E-state index < -0.39 is 6.10 Å². The van der Waals surface area contributed by atoms with Gasteiger partial charge >= 0.3 is 0 Å². The van der Waals surface area contributed by atoms with E-state index in [0.29, 0.717) is 6.42 Å². The van der Waals surface area contributed by atoms with Crippen molar-refractivity contribution in [1.82, 2.24) is 4.98 Å². The zero-order valence-corrected chi connectivity index (χ0v) is 8.34. The molecule has 0 fully saturated rings. The van der Waals surface area contributed by atoms with Crippen molar-refractivity contribution in [2.24, 2.45) is 0 Å². The molecule has 0 aliphatic rings. The summed E-state index contributed by atoms with van der Waals surface area (Å²) in [5, 5.41) is 9.78.